The molecular weight excluding hydrogens is 326 g/mol. The Labute approximate surface area is 145 Å². The molecule has 1 saturated heterocycles. The van der Waals surface area contributed by atoms with E-state index in [-0.39, 0.29) is 5.91 Å². The molecule has 5 nitrogen and oxygen atoms in total. The van der Waals surface area contributed by atoms with Crippen LogP contribution < -0.4 is 9.64 Å². The number of thiol groups is 1. The Morgan fingerprint density at radius 2 is 1.79 bits per heavy atom. The highest BCUT2D eigenvalue weighted by molar-refractivity contribution is 7.80. The Balaban J connectivity index is 1.99. The lowest BCUT2D eigenvalue weighted by Gasteiger charge is -2.46. The van der Waals surface area contributed by atoms with E-state index in [1.54, 1.807) is 36.3 Å². The summed E-state index contributed by atoms with van der Waals surface area (Å²) in [5.41, 5.74) is 1.55. The molecule has 0 saturated carbocycles. The molecule has 3 rings (SSSR count). The van der Waals surface area contributed by atoms with E-state index in [2.05, 4.69) is 12.6 Å². The predicted molar refractivity (Wildman–Crippen MR) is 92.5 cm³/mol. The number of rotatable bonds is 4. The van der Waals surface area contributed by atoms with Gasteiger partial charge < -0.3 is 9.47 Å². The number of ether oxygens (including phenoxy) is 2. The van der Waals surface area contributed by atoms with Gasteiger partial charge in [0.15, 0.2) is 0 Å². The first-order valence-electron chi connectivity index (χ1n) is 7.45. The highest BCUT2D eigenvalue weighted by atomic mass is 32.1. The third-order valence-corrected chi connectivity index (χ3v) is 4.35. The average Bonchev–Trinajstić information content (AvgIpc) is 2.58. The Hall–Kier alpha value is -2.47. The molecule has 0 aromatic heterocycles. The largest absolute Gasteiger partial charge is 0.497 e. The molecule has 0 unspecified atom stereocenters. The number of β-lactam (4-membered cyclic amide) rings is 1. The molecule has 0 spiro atoms. The molecule has 2 aromatic rings. The Morgan fingerprint density at radius 3 is 2.38 bits per heavy atom. The predicted octanol–water partition coefficient (Wildman–Crippen LogP) is 3.00. The lowest BCUT2D eigenvalue weighted by molar-refractivity contribution is -0.160. The zero-order chi connectivity index (χ0) is 17.3. The second-order valence-corrected chi connectivity index (χ2v) is 5.92. The van der Waals surface area contributed by atoms with Gasteiger partial charge in [-0.25, -0.2) is 0 Å². The summed E-state index contributed by atoms with van der Waals surface area (Å²) in [6.07, 6.45) is -0.835. The van der Waals surface area contributed by atoms with Crippen molar-refractivity contribution in [2.24, 2.45) is 0 Å². The molecule has 24 heavy (non-hydrogen) atoms. The van der Waals surface area contributed by atoms with Gasteiger partial charge in [0, 0.05) is 17.5 Å². The van der Waals surface area contributed by atoms with Crippen molar-refractivity contribution in [1.82, 2.24) is 0 Å². The van der Waals surface area contributed by atoms with Crippen molar-refractivity contribution in [3.8, 4) is 5.75 Å². The Bertz CT molecular complexity index is 775. The average molecular weight is 343 g/mol. The van der Waals surface area contributed by atoms with Crippen LogP contribution in [-0.2, 0) is 14.3 Å². The molecule has 1 aliphatic heterocycles. The maximum atomic E-state index is 12.5. The number of hydrogen-bond donors (Lipinski definition) is 1. The van der Waals surface area contributed by atoms with Crippen LogP contribution >= 0.6 is 12.6 Å². The highest BCUT2D eigenvalue weighted by Gasteiger charge is 2.51. The van der Waals surface area contributed by atoms with E-state index < -0.39 is 18.1 Å². The quantitative estimate of drug-likeness (QED) is 0.527. The Morgan fingerprint density at radius 1 is 1.12 bits per heavy atom. The first-order chi connectivity index (χ1) is 11.5. The number of nitrogens with zero attached hydrogens (tertiary/aromatic N) is 1. The molecule has 0 radical (unpaired) electrons. The van der Waals surface area contributed by atoms with Crippen LogP contribution in [0.1, 0.15) is 18.5 Å². The second-order valence-electron chi connectivity index (χ2n) is 5.44. The van der Waals surface area contributed by atoms with Gasteiger partial charge in [-0.2, -0.15) is 0 Å². The molecule has 2 aromatic carbocycles. The standard InChI is InChI=1S/C18H17NO4S/c1-11(20)23-17-16(14-5-3-4-6-15(14)24)19(18(17)21)12-7-9-13(22-2)10-8-12/h3-10,16-17,24H,1-2H3/t16-,17+/m0/s1. The number of anilines is 1. The monoisotopic (exact) mass is 343 g/mol. The number of carbonyl (C=O) groups excluding carboxylic acids is 2. The number of methoxy groups -OCH3 is 1. The fraction of sp³-hybridized carbons (Fsp3) is 0.222. The number of esters is 1. The molecule has 1 fully saturated rings. The van der Waals surface area contributed by atoms with Crippen LogP contribution in [0.5, 0.6) is 5.75 Å². The molecular formula is C18H17NO4S. The lowest BCUT2D eigenvalue weighted by Crippen LogP contribution is -2.60. The molecule has 0 aliphatic carbocycles. The number of carbonyl (C=O) groups is 2. The van der Waals surface area contributed by atoms with Gasteiger partial charge in [0.05, 0.1) is 7.11 Å². The van der Waals surface area contributed by atoms with Crippen molar-refractivity contribution < 1.29 is 19.1 Å². The van der Waals surface area contributed by atoms with Gasteiger partial charge in [0.2, 0.25) is 6.10 Å². The van der Waals surface area contributed by atoms with E-state index in [4.69, 9.17) is 9.47 Å². The van der Waals surface area contributed by atoms with Gasteiger partial charge in [-0.05, 0) is 35.9 Å². The van der Waals surface area contributed by atoms with Crippen LogP contribution in [0.15, 0.2) is 53.4 Å². The van der Waals surface area contributed by atoms with E-state index in [1.165, 1.54) is 6.92 Å². The van der Waals surface area contributed by atoms with Crippen LogP contribution in [0.2, 0.25) is 0 Å². The van der Waals surface area contributed by atoms with Gasteiger partial charge in [0.1, 0.15) is 11.8 Å². The first kappa shape index (κ1) is 16.4. The molecule has 124 valence electrons. The first-order valence-corrected chi connectivity index (χ1v) is 7.90. The summed E-state index contributed by atoms with van der Waals surface area (Å²) in [4.78, 5) is 26.2. The van der Waals surface area contributed by atoms with Crippen molar-refractivity contribution in [2.45, 2.75) is 24.0 Å². The summed E-state index contributed by atoms with van der Waals surface area (Å²) >= 11 is 4.47. The van der Waals surface area contributed by atoms with Crippen molar-refractivity contribution in [3.05, 3.63) is 54.1 Å². The summed E-state index contributed by atoms with van der Waals surface area (Å²) in [5, 5.41) is 0. The fourth-order valence-corrected chi connectivity index (χ4v) is 3.12. The summed E-state index contributed by atoms with van der Waals surface area (Å²) in [6.45, 7) is 1.30. The fourth-order valence-electron chi connectivity index (χ4n) is 2.83. The SMILES string of the molecule is COc1ccc(N2C(=O)[C@H](OC(C)=O)[C@@H]2c2ccccc2S)cc1. The van der Waals surface area contributed by atoms with E-state index in [0.717, 1.165) is 10.5 Å². The van der Waals surface area contributed by atoms with Gasteiger partial charge in [0.25, 0.3) is 5.91 Å². The van der Waals surface area contributed by atoms with E-state index >= 15 is 0 Å². The molecule has 1 heterocycles. The van der Waals surface area contributed by atoms with Crippen molar-refractivity contribution >= 4 is 30.2 Å². The maximum Gasteiger partial charge on any atom is 0.303 e. The number of amides is 1. The van der Waals surface area contributed by atoms with E-state index in [9.17, 15) is 9.59 Å². The minimum Gasteiger partial charge on any atom is -0.497 e. The zero-order valence-electron chi connectivity index (χ0n) is 13.3. The van der Waals surface area contributed by atoms with Crippen molar-refractivity contribution in [2.75, 3.05) is 12.0 Å². The van der Waals surface area contributed by atoms with Gasteiger partial charge in [-0.1, -0.05) is 18.2 Å². The van der Waals surface area contributed by atoms with E-state index in [1.807, 2.05) is 24.3 Å². The third kappa shape index (κ3) is 2.85. The van der Waals surface area contributed by atoms with Crippen LogP contribution in [-0.4, -0.2) is 25.1 Å². The van der Waals surface area contributed by atoms with Gasteiger partial charge >= 0.3 is 5.97 Å². The topological polar surface area (TPSA) is 55.8 Å². The zero-order valence-corrected chi connectivity index (χ0v) is 14.2. The number of benzene rings is 2. The van der Waals surface area contributed by atoms with Crippen molar-refractivity contribution in [1.29, 1.82) is 0 Å². The van der Waals surface area contributed by atoms with Crippen LogP contribution in [0.25, 0.3) is 0 Å². The molecule has 2 atom stereocenters. The normalized spacial score (nSPS) is 19.6. The summed E-state index contributed by atoms with van der Waals surface area (Å²) in [6, 6.07) is 14.2. The number of hydrogen-bond acceptors (Lipinski definition) is 5. The summed E-state index contributed by atoms with van der Waals surface area (Å²) in [7, 11) is 1.58. The highest BCUT2D eigenvalue weighted by Crippen LogP contribution is 2.43. The minimum absolute atomic E-state index is 0.253. The van der Waals surface area contributed by atoms with Gasteiger partial charge in [-0.15, -0.1) is 12.6 Å². The van der Waals surface area contributed by atoms with Crippen LogP contribution in [0.3, 0.4) is 0 Å². The summed E-state index contributed by atoms with van der Waals surface area (Å²) in [5.74, 6) is -0.0317. The minimum atomic E-state index is -0.835. The molecule has 1 amide bonds. The maximum absolute atomic E-state index is 12.5. The second kappa shape index (κ2) is 6.57. The molecule has 0 N–H and O–H groups in total. The van der Waals surface area contributed by atoms with Crippen LogP contribution in [0, 0.1) is 0 Å². The molecule has 1 aliphatic rings. The van der Waals surface area contributed by atoms with Gasteiger partial charge in [-0.3, -0.25) is 14.5 Å². The molecule has 0 bridgehead atoms. The molecule has 6 heteroatoms. The van der Waals surface area contributed by atoms with E-state index in [0.29, 0.717) is 11.4 Å². The lowest BCUT2D eigenvalue weighted by atomic mass is 9.89. The third-order valence-electron chi connectivity index (χ3n) is 3.94. The summed E-state index contributed by atoms with van der Waals surface area (Å²) < 4.78 is 10.4. The smallest absolute Gasteiger partial charge is 0.303 e. The van der Waals surface area contributed by atoms with Crippen LogP contribution in [0.4, 0.5) is 5.69 Å². The Kier molecular flexibility index (Phi) is 4.49. The van der Waals surface area contributed by atoms with Crippen molar-refractivity contribution in [3.63, 3.8) is 0 Å².